The molecule has 0 amide bonds. The monoisotopic (exact) mass is 452 g/mol. The van der Waals surface area contributed by atoms with E-state index in [0.717, 1.165) is 17.8 Å². The number of nitrogens with one attached hydrogen (secondary N) is 2. The van der Waals surface area contributed by atoms with E-state index in [-0.39, 0.29) is 49.9 Å². The molecular weight excluding hydrogens is 425 g/mol. The van der Waals surface area contributed by atoms with E-state index in [1.54, 1.807) is 19.2 Å². The molecule has 32 heavy (non-hydrogen) atoms. The first-order valence-electron chi connectivity index (χ1n) is 10.1. The van der Waals surface area contributed by atoms with Gasteiger partial charge in [0.25, 0.3) is 0 Å². The molecule has 1 aliphatic carbocycles. The lowest BCUT2D eigenvalue weighted by Gasteiger charge is -2.12. The van der Waals surface area contributed by atoms with Gasteiger partial charge in [-0.3, -0.25) is 10.1 Å². The van der Waals surface area contributed by atoms with Gasteiger partial charge in [0.15, 0.2) is 5.82 Å². The van der Waals surface area contributed by atoms with Crippen LogP contribution in [0.2, 0.25) is 0 Å². The molecule has 0 bridgehead atoms. The van der Waals surface area contributed by atoms with Gasteiger partial charge in [0.2, 0.25) is 5.89 Å². The highest BCUT2D eigenvalue weighted by Crippen LogP contribution is 2.30. The third kappa shape index (κ3) is 7.61. The molecule has 1 aliphatic rings. The minimum atomic E-state index is -4.44. The van der Waals surface area contributed by atoms with E-state index in [1.807, 2.05) is 13.0 Å². The van der Waals surface area contributed by atoms with E-state index >= 15 is 0 Å². The fourth-order valence-corrected chi connectivity index (χ4v) is 2.88. The highest BCUT2D eigenvalue weighted by molar-refractivity contribution is 5.81. The van der Waals surface area contributed by atoms with Gasteiger partial charge in [0.05, 0.1) is 18.2 Å². The summed E-state index contributed by atoms with van der Waals surface area (Å²) in [6, 6.07) is -0.569. The van der Waals surface area contributed by atoms with Crippen molar-refractivity contribution in [3.05, 3.63) is 65.5 Å². The number of aromatic nitrogens is 2. The number of carbonyl (C=O) groups excluding carboxylic acids is 1. The van der Waals surface area contributed by atoms with Crippen LogP contribution in [-0.4, -0.2) is 47.4 Å². The van der Waals surface area contributed by atoms with Crippen LogP contribution in [0.4, 0.5) is 13.2 Å². The van der Waals surface area contributed by atoms with Crippen molar-refractivity contribution in [2.45, 2.75) is 38.4 Å². The molecular formula is C22H27F3N4O3. The lowest BCUT2D eigenvalue weighted by molar-refractivity contribution is -0.117. The van der Waals surface area contributed by atoms with E-state index in [1.165, 1.54) is 12.2 Å². The minimum absolute atomic E-state index is 0.0283. The first kappa shape index (κ1) is 25.3. The van der Waals surface area contributed by atoms with Crippen LogP contribution in [0.5, 0.6) is 0 Å². The number of allylic oxidation sites excluding steroid dienone is 9. The number of Topliss-reactive ketones (excluding diaryl/α,β-unsaturated/α-hetero) is 1. The van der Waals surface area contributed by atoms with Crippen LogP contribution in [0.3, 0.4) is 0 Å². The molecule has 0 unspecified atom stereocenters. The molecule has 3 N–H and O–H groups in total. The summed E-state index contributed by atoms with van der Waals surface area (Å²) in [5.74, 6) is 0.240. The first-order valence-corrected chi connectivity index (χ1v) is 10.1. The number of alkyl halides is 3. The van der Waals surface area contributed by atoms with Crippen LogP contribution in [0.25, 0.3) is 5.57 Å². The largest absolute Gasteiger partial charge is 0.416 e. The summed E-state index contributed by atoms with van der Waals surface area (Å²) in [6.45, 7) is 1.73. The van der Waals surface area contributed by atoms with Crippen LogP contribution in [0, 0.1) is 0 Å². The number of rotatable bonds is 11. The molecule has 1 atom stereocenters. The Morgan fingerprint density at radius 3 is 2.81 bits per heavy atom. The van der Waals surface area contributed by atoms with E-state index in [9.17, 15) is 23.1 Å². The lowest BCUT2D eigenvalue weighted by Crippen LogP contribution is -2.28. The highest BCUT2D eigenvalue weighted by atomic mass is 19.4. The van der Waals surface area contributed by atoms with Crippen molar-refractivity contribution in [3.8, 4) is 0 Å². The topological polar surface area (TPSA) is 100 Å². The number of halogens is 3. The molecule has 0 spiro atoms. The number of ketones is 1. The standard InChI is InChI=1S/C22H27F3N4O3/c1-3-17(26-2)8-5-9-18(31)14-27-19(12-13-30)21-28-20(29-32-21)15-6-4-7-16(11-10-15)22(23,24)25/h3-5,7-8,10-11,19,26-27,30H,6,9,12-14H2,1-2H3/b8-5-,17-3+/t19-/m0/s1. The number of aliphatic hydroxyl groups excluding tert-OH is 1. The molecule has 7 nitrogen and oxygen atoms in total. The summed E-state index contributed by atoms with van der Waals surface area (Å²) in [7, 11) is 1.79. The molecule has 10 heteroatoms. The predicted octanol–water partition coefficient (Wildman–Crippen LogP) is 3.55. The van der Waals surface area contributed by atoms with Gasteiger partial charge < -0.3 is 14.9 Å². The second-order valence-corrected chi connectivity index (χ2v) is 6.96. The number of carbonyl (C=O) groups is 1. The molecule has 1 aromatic rings. The van der Waals surface area contributed by atoms with Crippen LogP contribution in [0.15, 0.2) is 58.3 Å². The van der Waals surface area contributed by atoms with Crippen LogP contribution >= 0.6 is 0 Å². The molecule has 0 fully saturated rings. The number of likely N-dealkylation sites (N-methyl/N-ethyl adjacent to an activating group) is 1. The van der Waals surface area contributed by atoms with Crippen LogP contribution < -0.4 is 10.6 Å². The molecule has 2 rings (SSSR count). The number of hydrogen-bond acceptors (Lipinski definition) is 7. The van der Waals surface area contributed by atoms with E-state index in [4.69, 9.17) is 4.52 Å². The zero-order valence-electron chi connectivity index (χ0n) is 17.9. The first-order chi connectivity index (χ1) is 15.3. The van der Waals surface area contributed by atoms with Gasteiger partial charge in [0, 0.05) is 31.3 Å². The van der Waals surface area contributed by atoms with E-state index in [2.05, 4.69) is 20.8 Å². The Kier molecular flexibility index (Phi) is 9.61. The molecule has 0 saturated carbocycles. The Bertz CT molecular complexity index is 927. The van der Waals surface area contributed by atoms with Gasteiger partial charge in [-0.05, 0) is 31.9 Å². The molecule has 0 aromatic carbocycles. The van der Waals surface area contributed by atoms with Crippen LogP contribution in [0.1, 0.15) is 43.9 Å². The fraction of sp³-hybridized carbons (Fsp3) is 0.409. The van der Waals surface area contributed by atoms with Gasteiger partial charge in [-0.2, -0.15) is 18.2 Å². The van der Waals surface area contributed by atoms with Crippen molar-refractivity contribution >= 4 is 11.4 Å². The maximum atomic E-state index is 12.9. The van der Waals surface area contributed by atoms with Gasteiger partial charge in [-0.25, -0.2) is 0 Å². The molecule has 0 saturated heterocycles. The van der Waals surface area contributed by atoms with Gasteiger partial charge in [0.1, 0.15) is 5.78 Å². The number of nitrogens with zero attached hydrogens (tertiary/aromatic N) is 2. The van der Waals surface area contributed by atoms with Crippen molar-refractivity contribution in [1.82, 2.24) is 20.8 Å². The highest BCUT2D eigenvalue weighted by Gasteiger charge is 2.31. The summed E-state index contributed by atoms with van der Waals surface area (Å²) in [4.78, 5) is 16.4. The fourth-order valence-electron chi connectivity index (χ4n) is 2.88. The third-order valence-electron chi connectivity index (χ3n) is 4.66. The summed E-state index contributed by atoms with van der Waals surface area (Å²) >= 11 is 0. The third-order valence-corrected chi connectivity index (χ3v) is 4.66. The average Bonchev–Trinajstić information content (AvgIpc) is 3.10. The SMILES string of the molecule is C/C=C(\C=C/CC(=O)CN[C@@H](CCO)c1nc(C2=CC=C(C(F)(F)F)C=CC2)no1)NC. The summed E-state index contributed by atoms with van der Waals surface area (Å²) in [5.41, 5.74) is 0.589. The molecule has 174 valence electrons. The Morgan fingerprint density at radius 1 is 1.38 bits per heavy atom. The van der Waals surface area contributed by atoms with Crippen molar-refractivity contribution in [2.75, 3.05) is 20.2 Å². The van der Waals surface area contributed by atoms with Gasteiger partial charge in [-0.15, -0.1) is 0 Å². The summed E-state index contributed by atoms with van der Waals surface area (Å²) in [6.07, 6.45) is 6.32. The van der Waals surface area contributed by atoms with Crippen molar-refractivity contribution in [2.24, 2.45) is 0 Å². The number of aliphatic hydroxyl groups is 1. The average molecular weight is 452 g/mol. The van der Waals surface area contributed by atoms with Crippen LogP contribution in [-0.2, 0) is 4.79 Å². The number of hydrogen-bond donors (Lipinski definition) is 3. The zero-order valence-corrected chi connectivity index (χ0v) is 17.9. The smallest absolute Gasteiger partial charge is 0.396 e. The Hall–Kier alpha value is -2.98. The quantitative estimate of drug-likeness (QED) is 0.442. The molecule has 0 radical (unpaired) electrons. The van der Waals surface area contributed by atoms with Gasteiger partial charge in [-0.1, -0.05) is 35.5 Å². The Labute approximate surface area is 184 Å². The van der Waals surface area contributed by atoms with E-state index in [0.29, 0.717) is 5.57 Å². The van der Waals surface area contributed by atoms with Crippen molar-refractivity contribution < 1.29 is 27.6 Å². The maximum Gasteiger partial charge on any atom is 0.416 e. The predicted molar refractivity (Wildman–Crippen MR) is 114 cm³/mol. The molecule has 0 aliphatic heterocycles. The lowest BCUT2D eigenvalue weighted by atomic mass is 10.1. The Morgan fingerprint density at radius 2 is 2.16 bits per heavy atom. The minimum Gasteiger partial charge on any atom is -0.396 e. The normalized spacial score (nSPS) is 16.0. The van der Waals surface area contributed by atoms with Crippen molar-refractivity contribution in [1.29, 1.82) is 0 Å². The second-order valence-electron chi connectivity index (χ2n) is 6.96. The summed E-state index contributed by atoms with van der Waals surface area (Å²) in [5, 5.41) is 19.2. The summed E-state index contributed by atoms with van der Waals surface area (Å²) < 4.78 is 43.9. The molecule has 1 heterocycles. The maximum absolute atomic E-state index is 12.9. The van der Waals surface area contributed by atoms with E-state index < -0.39 is 17.8 Å². The second kappa shape index (κ2) is 12.2. The van der Waals surface area contributed by atoms with Gasteiger partial charge >= 0.3 is 6.18 Å². The van der Waals surface area contributed by atoms with Crippen molar-refractivity contribution in [3.63, 3.8) is 0 Å². The Balaban J connectivity index is 2.03. The molecule has 1 aromatic heterocycles. The zero-order chi connectivity index (χ0) is 23.6.